The molecule has 0 aliphatic rings. The number of carbonyl (C=O) groups is 1. The summed E-state index contributed by atoms with van der Waals surface area (Å²) < 4.78 is 29.3. The maximum absolute atomic E-state index is 13.4. The van der Waals surface area contributed by atoms with E-state index in [9.17, 15) is 9.18 Å². The average Bonchev–Trinajstić information content (AvgIpc) is 2.65. The lowest BCUT2D eigenvalue weighted by atomic mass is 10.1. The zero-order valence-corrected chi connectivity index (χ0v) is 15.5. The quantitative estimate of drug-likeness (QED) is 0.723. The monoisotopic (exact) mass is 361 g/mol. The van der Waals surface area contributed by atoms with Crippen molar-refractivity contribution in [3.05, 3.63) is 53.3 Å². The average molecular weight is 361 g/mol. The minimum absolute atomic E-state index is 0.0639. The molecule has 0 atom stereocenters. The van der Waals surface area contributed by atoms with Crippen molar-refractivity contribution in [2.24, 2.45) is 0 Å². The number of benzene rings is 2. The second-order valence-corrected chi connectivity index (χ2v) is 5.75. The van der Waals surface area contributed by atoms with Gasteiger partial charge in [0.05, 0.1) is 27.8 Å². The summed E-state index contributed by atoms with van der Waals surface area (Å²) in [6.07, 6.45) is 0.180. The van der Waals surface area contributed by atoms with E-state index in [4.69, 9.17) is 14.2 Å². The molecule has 0 saturated carbocycles. The van der Waals surface area contributed by atoms with Gasteiger partial charge in [-0.1, -0.05) is 12.1 Å². The van der Waals surface area contributed by atoms with Gasteiger partial charge in [-0.3, -0.25) is 4.79 Å². The van der Waals surface area contributed by atoms with Gasteiger partial charge in [0.1, 0.15) is 5.82 Å². The highest BCUT2D eigenvalue weighted by Crippen LogP contribution is 2.38. The molecule has 6 heteroatoms. The molecule has 1 amide bonds. The van der Waals surface area contributed by atoms with Gasteiger partial charge in [-0.2, -0.15) is 0 Å². The largest absolute Gasteiger partial charge is 0.493 e. The number of hydrogen-bond donors (Lipinski definition) is 0. The summed E-state index contributed by atoms with van der Waals surface area (Å²) in [7, 11) is 4.60. The summed E-state index contributed by atoms with van der Waals surface area (Å²) in [5.41, 5.74) is 1.51. The number of methoxy groups -OCH3 is 3. The third-order valence-corrected chi connectivity index (χ3v) is 4.08. The van der Waals surface area contributed by atoms with E-state index in [0.29, 0.717) is 30.3 Å². The molecule has 0 saturated heterocycles. The van der Waals surface area contributed by atoms with Crippen molar-refractivity contribution in [2.75, 3.05) is 27.9 Å². The highest BCUT2D eigenvalue weighted by Gasteiger charge is 2.18. The topological polar surface area (TPSA) is 48.0 Å². The van der Waals surface area contributed by atoms with Crippen molar-refractivity contribution in [2.45, 2.75) is 19.9 Å². The first kappa shape index (κ1) is 19.6. The molecular formula is C20H24FNO4. The molecule has 0 bridgehead atoms. The van der Waals surface area contributed by atoms with E-state index < -0.39 is 0 Å². The second-order valence-electron chi connectivity index (χ2n) is 5.75. The van der Waals surface area contributed by atoms with Crippen LogP contribution in [0.1, 0.15) is 18.1 Å². The van der Waals surface area contributed by atoms with E-state index in [1.165, 1.54) is 33.5 Å². The molecule has 2 rings (SSSR count). The third kappa shape index (κ3) is 4.65. The minimum atomic E-state index is -0.310. The Kier molecular flexibility index (Phi) is 6.83. The van der Waals surface area contributed by atoms with Gasteiger partial charge in [0, 0.05) is 13.1 Å². The van der Waals surface area contributed by atoms with Gasteiger partial charge >= 0.3 is 0 Å². The van der Waals surface area contributed by atoms with Gasteiger partial charge in [0.2, 0.25) is 11.7 Å². The van der Waals surface area contributed by atoms with Crippen molar-refractivity contribution < 1.29 is 23.4 Å². The molecule has 140 valence electrons. The first-order chi connectivity index (χ1) is 12.5. The zero-order valence-electron chi connectivity index (χ0n) is 15.5. The Balaban J connectivity index is 2.19. The maximum atomic E-state index is 13.4. The molecule has 0 radical (unpaired) electrons. The smallest absolute Gasteiger partial charge is 0.227 e. The van der Waals surface area contributed by atoms with Crippen molar-refractivity contribution in [1.29, 1.82) is 0 Å². The molecule has 2 aromatic rings. The SMILES string of the molecule is CCN(Cc1cccc(F)c1)C(=O)Cc1cc(OC)c(OC)c(OC)c1. The summed E-state index contributed by atoms with van der Waals surface area (Å²) in [6.45, 7) is 2.78. The number of amides is 1. The second kappa shape index (κ2) is 9.08. The predicted molar refractivity (Wildman–Crippen MR) is 97.3 cm³/mol. The number of likely N-dealkylation sites (N-methyl/N-ethyl adjacent to an activating group) is 1. The van der Waals surface area contributed by atoms with E-state index in [1.807, 2.05) is 6.92 Å². The van der Waals surface area contributed by atoms with Crippen LogP contribution in [0, 0.1) is 5.82 Å². The Morgan fingerprint density at radius 2 is 1.65 bits per heavy atom. The number of hydrogen-bond acceptors (Lipinski definition) is 4. The molecule has 0 N–H and O–H groups in total. The molecule has 0 aliphatic heterocycles. The molecular weight excluding hydrogens is 337 g/mol. The number of ether oxygens (including phenoxy) is 3. The number of nitrogens with zero attached hydrogens (tertiary/aromatic N) is 1. The zero-order chi connectivity index (χ0) is 19.1. The highest BCUT2D eigenvalue weighted by molar-refractivity contribution is 5.79. The molecule has 0 unspecified atom stereocenters. The fourth-order valence-electron chi connectivity index (χ4n) is 2.76. The molecule has 0 aromatic heterocycles. The van der Waals surface area contributed by atoms with E-state index >= 15 is 0 Å². The summed E-state index contributed by atoms with van der Waals surface area (Å²) in [5.74, 6) is 1.12. The van der Waals surface area contributed by atoms with E-state index in [0.717, 1.165) is 11.1 Å². The van der Waals surface area contributed by atoms with Gasteiger partial charge in [-0.05, 0) is 42.3 Å². The van der Waals surface area contributed by atoms with Crippen LogP contribution in [0.2, 0.25) is 0 Å². The Labute approximate surface area is 153 Å². The van der Waals surface area contributed by atoms with E-state index in [1.54, 1.807) is 29.2 Å². The maximum Gasteiger partial charge on any atom is 0.227 e. The fraction of sp³-hybridized carbons (Fsp3) is 0.350. The highest BCUT2D eigenvalue weighted by atomic mass is 19.1. The first-order valence-electron chi connectivity index (χ1n) is 8.33. The normalized spacial score (nSPS) is 10.3. The third-order valence-electron chi connectivity index (χ3n) is 4.08. The van der Waals surface area contributed by atoms with E-state index in [-0.39, 0.29) is 18.1 Å². The Morgan fingerprint density at radius 3 is 2.15 bits per heavy atom. The van der Waals surface area contributed by atoms with Crippen molar-refractivity contribution in [3.8, 4) is 17.2 Å². The molecule has 0 spiro atoms. The van der Waals surface area contributed by atoms with Crippen LogP contribution in [0.25, 0.3) is 0 Å². The molecule has 26 heavy (non-hydrogen) atoms. The van der Waals surface area contributed by atoms with Crippen molar-refractivity contribution in [3.63, 3.8) is 0 Å². The Bertz CT molecular complexity index is 738. The van der Waals surface area contributed by atoms with Crippen LogP contribution >= 0.6 is 0 Å². The van der Waals surface area contributed by atoms with Crippen molar-refractivity contribution in [1.82, 2.24) is 4.90 Å². The van der Waals surface area contributed by atoms with Gasteiger partial charge in [0.25, 0.3) is 0 Å². The summed E-state index contributed by atoms with van der Waals surface area (Å²) >= 11 is 0. The number of rotatable bonds is 8. The van der Waals surface area contributed by atoms with Crippen molar-refractivity contribution >= 4 is 5.91 Å². The summed E-state index contributed by atoms with van der Waals surface area (Å²) in [6, 6.07) is 9.79. The molecule has 2 aromatic carbocycles. The molecule has 0 heterocycles. The summed E-state index contributed by atoms with van der Waals surface area (Å²) in [4.78, 5) is 14.4. The van der Waals surface area contributed by atoms with Gasteiger partial charge in [0.15, 0.2) is 11.5 Å². The van der Waals surface area contributed by atoms with Crippen LogP contribution in [0.15, 0.2) is 36.4 Å². The number of carbonyl (C=O) groups excluding carboxylic acids is 1. The minimum Gasteiger partial charge on any atom is -0.493 e. The predicted octanol–water partition coefficient (Wildman–Crippen LogP) is 3.44. The standard InChI is InChI=1S/C20H24FNO4/c1-5-22(13-14-7-6-8-16(21)9-14)19(23)12-15-10-17(24-2)20(26-4)18(11-15)25-3/h6-11H,5,12-13H2,1-4H3. The van der Waals surface area contributed by atoms with Gasteiger partial charge in [-0.25, -0.2) is 4.39 Å². The van der Waals surface area contributed by atoms with Gasteiger partial charge < -0.3 is 19.1 Å². The molecule has 0 aliphatic carbocycles. The Hall–Kier alpha value is -2.76. The number of halogens is 1. The Morgan fingerprint density at radius 1 is 1.00 bits per heavy atom. The lowest BCUT2D eigenvalue weighted by Crippen LogP contribution is -2.31. The lowest BCUT2D eigenvalue weighted by Gasteiger charge is -2.22. The van der Waals surface area contributed by atoms with Crippen LogP contribution in [0.5, 0.6) is 17.2 Å². The molecule has 0 fully saturated rings. The van der Waals surface area contributed by atoms with E-state index in [2.05, 4.69) is 0 Å². The lowest BCUT2D eigenvalue weighted by molar-refractivity contribution is -0.130. The van der Waals surface area contributed by atoms with Crippen LogP contribution in [0.3, 0.4) is 0 Å². The first-order valence-corrected chi connectivity index (χ1v) is 8.33. The fourth-order valence-corrected chi connectivity index (χ4v) is 2.76. The van der Waals surface area contributed by atoms with Crippen LogP contribution in [-0.2, 0) is 17.8 Å². The molecule has 5 nitrogen and oxygen atoms in total. The van der Waals surface area contributed by atoms with Crippen LogP contribution < -0.4 is 14.2 Å². The summed E-state index contributed by atoms with van der Waals surface area (Å²) in [5, 5.41) is 0. The van der Waals surface area contributed by atoms with Crippen LogP contribution in [0.4, 0.5) is 4.39 Å². The van der Waals surface area contributed by atoms with Crippen LogP contribution in [-0.4, -0.2) is 38.7 Å². The van der Waals surface area contributed by atoms with Gasteiger partial charge in [-0.15, -0.1) is 0 Å².